The molecule has 1 unspecified atom stereocenters. The van der Waals surface area contributed by atoms with Gasteiger partial charge in [0.05, 0.1) is 0 Å². The summed E-state index contributed by atoms with van der Waals surface area (Å²) < 4.78 is 102. The molecule has 0 fully saturated rings. The number of hydrogen-bond acceptors (Lipinski definition) is 0. The summed E-state index contributed by atoms with van der Waals surface area (Å²) >= 11 is 0. The van der Waals surface area contributed by atoms with Gasteiger partial charge in [-0.25, -0.2) is 8.78 Å². The molecule has 0 amide bonds. The van der Waals surface area contributed by atoms with E-state index in [2.05, 4.69) is 13.2 Å². The predicted octanol–water partition coefficient (Wildman–Crippen LogP) is 5.32. The standard InChI is InChI=1S/C12H14F8/c1-6(2)7(3)5-8(4)10(15,16)12(19,20)11(17,18)9(13)14/h8-9H,1,3,5H2,2,4H3. The van der Waals surface area contributed by atoms with Crippen LogP contribution in [0.25, 0.3) is 0 Å². The van der Waals surface area contributed by atoms with E-state index in [1.165, 1.54) is 6.92 Å². The molecule has 118 valence electrons. The van der Waals surface area contributed by atoms with E-state index in [1.807, 2.05) is 0 Å². The summed E-state index contributed by atoms with van der Waals surface area (Å²) in [5.74, 6) is -19.9. The first-order chi connectivity index (χ1) is 8.69. The molecule has 0 aromatic rings. The quantitative estimate of drug-likeness (QED) is 0.441. The van der Waals surface area contributed by atoms with Gasteiger partial charge in [-0.15, -0.1) is 0 Å². The van der Waals surface area contributed by atoms with Gasteiger partial charge in [-0.3, -0.25) is 0 Å². The van der Waals surface area contributed by atoms with E-state index in [0.29, 0.717) is 6.92 Å². The molecule has 0 nitrogen and oxygen atoms in total. The molecule has 0 radical (unpaired) electrons. The van der Waals surface area contributed by atoms with Crippen LogP contribution in [0, 0.1) is 5.92 Å². The molecule has 0 aromatic heterocycles. The molecule has 0 rings (SSSR count). The molecule has 0 bridgehead atoms. The number of alkyl halides is 8. The zero-order valence-corrected chi connectivity index (χ0v) is 10.8. The second kappa shape index (κ2) is 5.73. The number of rotatable bonds is 7. The summed E-state index contributed by atoms with van der Waals surface area (Å²) in [6.07, 6.45) is -5.67. The highest BCUT2D eigenvalue weighted by Crippen LogP contribution is 2.52. The summed E-state index contributed by atoms with van der Waals surface area (Å²) in [5, 5.41) is 0. The minimum atomic E-state index is -6.18. The lowest BCUT2D eigenvalue weighted by atomic mass is 9.87. The van der Waals surface area contributed by atoms with Gasteiger partial charge >= 0.3 is 24.2 Å². The van der Waals surface area contributed by atoms with Gasteiger partial charge in [0, 0.05) is 5.92 Å². The van der Waals surface area contributed by atoms with Crippen molar-refractivity contribution in [1.29, 1.82) is 0 Å². The fourth-order valence-corrected chi connectivity index (χ4v) is 1.34. The first kappa shape index (κ1) is 18.9. The van der Waals surface area contributed by atoms with Crippen LogP contribution < -0.4 is 0 Å². The second-order valence-electron chi connectivity index (χ2n) is 4.61. The van der Waals surface area contributed by atoms with Gasteiger partial charge in [-0.2, -0.15) is 26.3 Å². The van der Waals surface area contributed by atoms with Crippen molar-refractivity contribution in [3.8, 4) is 0 Å². The second-order valence-corrected chi connectivity index (χ2v) is 4.61. The van der Waals surface area contributed by atoms with Crippen LogP contribution in [0.5, 0.6) is 0 Å². The van der Waals surface area contributed by atoms with Crippen LogP contribution in [0.4, 0.5) is 35.1 Å². The molecular weight excluding hydrogens is 296 g/mol. The molecule has 0 aliphatic rings. The normalized spacial score (nSPS) is 15.3. The van der Waals surface area contributed by atoms with Crippen molar-refractivity contribution in [3.05, 3.63) is 24.3 Å². The number of allylic oxidation sites excluding steroid dienone is 2. The van der Waals surface area contributed by atoms with Gasteiger partial charge in [-0.1, -0.05) is 31.2 Å². The fourth-order valence-electron chi connectivity index (χ4n) is 1.34. The molecule has 1 atom stereocenters. The van der Waals surface area contributed by atoms with Gasteiger partial charge in [0.1, 0.15) is 0 Å². The highest BCUT2D eigenvalue weighted by atomic mass is 19.4. The first-order valence-corrected chi connectivity index (χ1v) is 5.44. The average Bonchev–Trinajstić information content (AvgIpc) is 2.27. The number of halogens is 8. The molecular formula is C12H14F8. The lowest BCUT2D eigenvalue weighted by Crippen LogP contribution is -2.59. The molecule has 20 heavy (non-hydrogen) atoms. The molecule has 0 N–H and O–H groups in total. The van der Waals surface area contributed by atoms with Gasteiger partial charge in [0.25, 0.3) is 0 Å². The van der Waals surface area contributed by atoms with Gasteiger partial charge in [0.2, 0.25) is 0 Å². The minimum absolute atomic E-state index is 0.0478. The van der Waals surface area contributed by atoms with Crippen molar-refractivity contribution in [3.63, 3.8) is 0 Å². The fraction of sp³-hybridized carbons (Fsp3) is 0.667. The summed E-state index contributed by atoms with van der Waals surface area (Å²) in [5.41, 5.74) is 0.157. The van der Waals surface area contributed by atoms with Crippen LogP contribution in [0.15, 0.2) is 24.3 Å². The van der Waals surface area contributed by atoms with Crippen LogP contribution in [-0.2, 0) is 0 Å². The Balaban J connectivity index is 5.40. The SMILES string of the molecule is C=C(C)C(=C)CC(C)C(F)(F)C(F)(F)C(F)(F)C(F)F. The Morgan fingerprint density at radius 2 is 1.35 bits per heavy atom. The Kier molecular flexibility index (Phi) is 5.42. The van der Waals surface area contributed by atoms with Crippen molar-refractivity contribution in [2.75, 3.05) is 0 Å². The lowest BCUT2D eigenvalue weighted by molar-refractivity contribution is -0.349. The average molecular weight is 310 g/mol. The zero-order chi connectivity index (χ0) is 16.5. The molecule has 0 heterocycles. The van der Waals surface area contributed by atoms with E-state index in [4.69, 9.17) is 0 Å². The summed E-state index contributed by atoms with van der Waals surface area (Å²) in [7, 11) is 0. The van der Waals surface area contributed by atoms with Crippen molar-refractivity contribution >= 4 is 0 Å². The summed E-state index contributed by atoms with van der Waals surface area (Å²) in [6.45, 7) is 8.52. The van der Waals surface area contributed by atoms with Crippen molar-refractivity contribution in [1.82, 2.24) is 0 Å². The Morgan fingerprint density at radius 1 is 0.950 bits per heavy atom. The largest absolute Gasteiger partial charge is 0.378 e. The molecule has 0 saturated heterocycles. The van der Waals surface area contributed by atoms with E-state index in [-0.39, 0.29) is 11.1 Å². The van der Waals surface area contributed by atoms with Gasteiger partial charge in [-0.05, 0) is 13.3 Å². The van der Waals surface area contributed by atoms with E-state index in [0.717, 1.165) is 0 Å². The van der Waals surface area contributed by atoms with Gasteiger partial charge < -0.3 is 0 Å². The summed E-state index contributed by atoms with van der Waals surface area (Å²) in [6, 6.07) is 0. The van der Waals surface area contributed by atoms with Crippen molar-refractivity contribution in [2.45, 2.75) is 44.5 Å². The first-order valence-electron chi connectivity index (χ1n) is 5.44. The molecule has 8 heteroatoms. The Morgan fingerprint density at radius 3 is 1.65 bits per heavy atom. The number of hydrogen-bond donors (Lipinski definition) is 0. The molecule has 0 aromatic carbocycles. The third-order valence-electron chi connectivity index (χ3n) is 2.89. The monoisotopic (exact) mass is 310 g/mol. The van der Waals surface area contributed by atoms with E-state index >= 15 is 0 Å². The van der Waals surface area contributed by atoms with Crippen LogP contribution in [0.1, 0.15) is 20.3 Å². The third-order valence-corrected chi connectivity index (χ3v) is 2.89. The van der Waals surface area contributed by atoms with E-state index in [1.54, 1.807) is 0 Å². The zero-order valence-electron chi connectivity index (χ0n) is 10.8. The van der Waals surface area contributed by atoms with Crippen molar-refractivity contribution in [2.24, 2.45) is 5.92 Å². The predicted molar refractivity (Wildman–Crippen MR) is 58.6 cm³/mol. The minimum Gasteiger partial charge on any atom is -0.203 e. The van der Waals surface area contributed by atoms with Crippen molar-refractivity contribution < 1.29 is 35.1 Å². The van der Waals surface area contributed by atoms with Crippen LogP contribution >= 0.6 is 0 Å². The third kappa shape index (κ3) is 3.15. The highest BCUT2D eigenvalue weighted by Gasteiger charge is 2.76. The lowest BCUT2D eigenvalue weighted by Gasteiger charge is -2.35. The van der Waals surface area contributed by atoms with Crippen LogP contribution in [0.2, 0.25) is 0 Å². The Bertz CT molecular complexity index is 383. The maximum Gasteiger partial charge on any atom is 0.378 e. The summed E-state index contributed by atoms with van der Waals surface area (Å²) in [4.78, 5) is 0. The maximum absolute atomic E-state index is 13.4. The molecule has 0 spiro atoms. The topological polar surface area (TPSA) is 0 Å². The van der Waals surface area contributed by atoms with E-state index < -0.39 is 36.5 Å². The molecule has 0 aliphatic carbocycles. The highest BCUT2D eigenvalue weighted by molar-refractivity contribution is 5.23. The Hall–Kier alpha value is -1.08. The van der Waals surface area contributed by atoms with Crippen LogP contribution in [-0.4, -0.2) is 24.2 Å². The smallest absolute Gasteiger partial charge is 0.203 e. The molecule has 0 aliphatic heterocycles. The maximum atomic E-state index is 13.4. The Labute approximate surface area is 111 Å². The molecule has 0 saturated carbocycles. The van der Waals surface area contributed by atoms with Gasteiger partial charge in [0.15, 0.2) is 0 Å². The van der Waals surface area contributed by atoms with E-state index in [9.17, 15) is 35.1 Å². The van der Waals surface area contributed by atoms with Crippen LogP contribution in [0.3, 0.4) is 0 Å².